The molecule has 0 aromatic carbocycles. The molecule has 57 heavy (non-hydrogen) atoms. The van der Waals surface area contributed by atoms with Crippen LogP contribution in [0.4, 0.5) is 0 Å². The van der Waals surface area contributed by atoms with Gasteiger partial charge < -0.3 is 45.0 Å². The summed E-state index contributed by atoms with van der Waals surface area (Å²) in [5, 5.41) is 29.8. The van der Waals surface area contributed by atoms with E-state index in [4.69, 9.17) is 14.3 Å². The molecule has 15 atom stereocenters. The van der Waals surface area contributed by atoms with Crippen LogP contribution >= 0.6 is 0 Å². The number of aliphatic hydroxyl groups is 2. The van der Waals surface area contributed by atoms with Gasteiger partial charge in [-0.1, -0.05) is 27.2 Å². The van der Waals surface area contributed by atoms with Gasteiger partial charge in [0.05, 0.1) is 32.0 Å². The number of ether oxygens (including phenoxy) is 2. The van der Waals surface area contributed by atoms with E-state index in [0.717, 1.165) is 38.5 Å². The molecule has 0 aromatic heterocycles. The predicted molar refractivity (Wildman–Crippen MR) is 217 cm³/mol. The minimum absolute atomic E-state index is 0.0424. The molecule has 3 amide bonds. The Kier molecular flexibility index (Phi) is 14.7. The molecule has 6 unspecified atom stereocenters. The van der Waals surface area contributed by atoms with E-state index in [1.165, 1.54) is 6.42 Å². The van der Waals surface area contributed by atoms with Crippen molar-refractivity contribution in [2.75, 3.05) is 81.3 Å². The summed E-state index contributed by atoms with van der Waals surface area (Å²) in [7, 11) is 9.79. The summed E-state index contributed by atoms with van der Waals surface area (Å²) >= 11 is 0. The van der Waals surface area contributed by atoms with E-state index in [1.54, 1.807) is 24.0 Å². The number of aliphatic hydroxyl groups excluding tert-OH is 2. The van der Waals surface area contributed by atoms with E-state index in [-0.39, 0.29) is 66.2 Å². The van der Waals surface area contributed by atoms with E-state index in [1.807, 2.05) is 19.0 Å². The summed E-state index contributed by atoms with van der Waals surface area (Å²) in [4.78, 5) is 54.6. The summed E-state index contributed by atoms with van der Waals surface area (Å²) in [6.07, 6.45) is 5.75. The number of hydroxylamine groups is 2. The second-order valence-electron chi connectivity index (χ2n) is 19.9. The number of morpholine rings is 1. The molecule has 5 saturated carbocycles. The highest BCUT2D eigenvalue weighted by atomic mass is 16.7. The number of carbonyl (C=O) groups is 3. The van der Waals surface area contributed by atoms with Crippen LogP contribution in [0.25, 0.3) is 0 Å². The molecule has 2 bridgehead atoms. The number of methoxy groups -OCH3 is 1. The van der Waals surface area contributed by atoms with Gasteiger partial charge in [-0.25, -0.2) is 0 Å². The van der Waals surface area contributed by atoms with Crippen molar-refractivity contribution in [2.24, 2.45) is 52.8 Å². The zero-order valence-electron chi connectivity index (χ0n) is 36.4. The molecule has 14 nitrogen and oxygen atoms in total. The Labute approximate surface area is 342 Å². The van der Waals surface area contributed by atoms with Crippen LogP contribution in [0, 0.1) is 52.8 Å². The van der Waals surface area contributed by atoms with Crippen LogP contribution in [0.2, 0.25) is 0 Å². The number of rotatable bonds is 14. The van der Waals surface area contributed by atoms with Crippen LogP contribution in [0.3, 0.4) is 0 Å². The molecular formula is C43H76N6O8. The molecule has 7 fully saturated rings. The monoisotopic (exact) mass is 805 g/mol. The quantitative estimate of drug-likeness (QED) is 0.203. The van der Waals surface area contributed by atoms with Crippen LogP contribution in [-0.2, 0) is 28.7 Å². The fourth-order valence-corrected chi connectivity index (χ4v) is 12.3. The standard InChI is InChI=1S/C43H76N6O8/c1-25-33-20-30(43(33,3)4)21-34(25)44-41(53)38-37(26(2)51)36(24-50)57-49(38)22-27-11-10-12-32(39(27)55-9)28-17-29(19-31(18-28)47(7)8)40(52)45-35(23-46(5)6)42(54)48-13-15-56-16-14-48/h25-39,50-51H,10-24H2,1-9H3,(H,44,53)(H,45,52)/t25-,26-,27?,28?,29?,30+,31?,32?,33-,34-,35+,36-,37+,38-,39?/m0/s1. The second-order valence-corrected chi connectivity index (χ2v) is 19.9. The Balaban J connectivity index is 1.16. The topological polar surface area (TPSA) is 156 Å². The van der Waals surface area contributed by atoms with Gasteiger partial charge in [0.25, 0.3) is 0 Å². The van der Waals surface area contributed by atoms with Crippen molar-refractivity contribution in [1.29, 1.82) is 0 Å². The van der Waals surface area contributed by atoms with Crippen molar-refractivity contribution < 1.29 is 38.9 Å². The third kappa shape index (κ3) is 9.53. The summed E-state index contributed by atoms with van der Waals surface area (Å²) in [6.45, 7) is 11.3. The lowest BCUT2D eigenvalue weighted by molar-refractivity contribution is -0.193. The van der Waals surface area contributed by atoms with E-state index in [0.29, 0.717) is 69.0 Å². The van der Waals surface area contributed by atoms with Gasteiger partial charge in [-0.3, -0.25) is 19.2 Å². The van der Waals surface area contributed by atoms with Crippen LogP contribution < -0.4 is 10.6 Å². The van der Waals surface area contributed by atoms with Gasteiger partial charge in [0.2, 0.25) is 17.7 Å². The average Bonchev–Trinajstić information content (AvgIpc) is 3.56. The maximum absolute atomic E-state index is 14.4. The van der Waals surface area contributed by atoms with Gasteiger partial charge in [-0.2, -0.15) is 5.06 Å². The smallest absolute Gasteiger partial charge is 0.246 e. The number of carbonyl (C=O) groups excluding carboxylic acids is 3. The Morgan fingerprint density at radius 2 is 1.72 bits per heavy atom. The maximum Gasteiger partial charge on any atom is 0.246 e. The van der Waals surface area contributed by atoms with Gasteiger partial charge in [0.1, 0.15) is 18.2 Å². The molecule has 0 spiro atoms. The third-order valence-corrected chi connectivity index (χ3v) is 15.7. The van der Waals surface area contributed by atoms with Gasteiger partial charge in [0, 0.05) is 63.1 Å². The van der Waals surface area contributed by atoms with E-state index >= 15 is 0 Å². The lowest BCUT2D eigenvalue weighted by Gasteiger charge is -2.62. The largest absolute Gasteiger partial charge is 0.394 e. The first-order chi connectivity index (χ1) is 27.0. The van der Waals surface area contributed by atoms with Gasteiger partial charge in [-0.05, 0) is 115 Å². The summed E-state index contributed by atoms with van der Waals surface area (Å²) in [5.41, 5.74) is 0.297. The highest BCUT2D eigenvalue weighted by Crippen LogP contribution is 2.61. The number of amides is 3. The van der Waals surface area contributed by atoms with Crippen molar-refractivity contribution in [3.63, 3.8) is 0 Å². The molecule has 4 N–H and O–H groups in total. The molecule has 0 radical (unpaired) electrons. The fourth-order valence-electron chi connectivity index (χ4n) is 12.3. The molecule has 5 aliphatic carbocycles. The number of nitrogens with one attached hydrogen (secondary N) is 2. The molecule has 326 valence electrons. The highest BCUT2D eigenvalue weighted by molar-refractivity contribution is 5.89. The van der Waals surface area contributed by atoms with Crippen LogP contribution in [0.1, 0.15) is 79.1 Å². The van der Waals surface area contributed by atoms with Crippen molar-refractivity contribution in [3.05, 3.63) is 0 Å². The minimum atomic E-state index is -0.855. The van der Waals surface area contributed by atoms with Crippen molar-refractivity contribution >= 4 is 17.7 Å². The SMILES string of the molecule is COC1C(CN2O[C@@H](CO)[C@@H]([C@H](C)O)[C@H]2C(=O)N[C@H]2C[C@H]3C[C@@H]([C@@H]2C)C3(C)C)CCCC1C1CC(C(=O)N[C@H](CN(C)C)C(=O)N2CCOCC2)CC(N(C)C)C1. The number of fused-ring (bicyclic) bond motifs is 2. The molecule has 14 heteroatoms. The first-order valence-electron chi connectivity index (χ1n) is 22.1. The molecule has 2 heterocycles. The average molecular weight is 805 g/mol. The summed E-state index contributed by atoms with van der Waals surface area (Å²) < 4.78 is 11.9. The van der Waals surface area contributed by atoms with Crippen LogP contribution in [0.15, 0.2) is 0 Å². The predicted octanol–water partition coefficient (Wildman–Crippen LogP) is 1.83. The lowest BCUT2D eigenvalue weighted by atomic mass is 9.45. The van der Waals surface area contributed by atoms with Crippen LogP contribution in [-0.4, -0.2) is 171 Å². The number of nitrogens with zero attached hydrogens (tertiary/aromatic N) is 4. The molecule has 7 rings (SSSR count). The number of likely N-dealkylation sites (N-methyl/N-ethyl adjacent to an activating group) is 1. The number of hydrogen-bond donors (Lipinski definition) is 4. The normalized spacial score (nSPS) is 39.4. The molecular weight excluding hydrogens is 729 g/mol. The molecule has 2 saturated heterocycles. The first kappa shape index (κ1) is 44.6. The molecule has 0 aromatic rings. The van der Waals surface area contributed by atoms with E-state index in [9.17, 15) is 24.6 Å². The van der Waals surface area contributed by atoms with Gasteiger partial charge >= 0.3 is 0 Å². The Morgan fingerprint density at radius 1 is 1.00 bits per heavy atom. The van der Waals surface area contributed by atoms with Crippen LogP contribution in [0.5, 0.6) is 0 Å². The Hall–Kier alpha value is -1.91. The number of hydrogen-bond acceptors (Lipinski definition) is 11. The van der Waals surface area contributed by atoms with Crippen molar-refractivity contribution in [3.8, 4) is 0 Å². The zero-order valence-corrected chi connectivity index (χ0v) is 36.4. The third-order valence-electron chi connectivity index (χ3n) is 15.7. The minimum Gasteiger partial charge on any atom is -0.394 e. The Morgan fingerprint density at radius 3 is 2.32 bits per heavy atom. The van der Waals surface area contributed by atoms with Crippen molar-refractivity contribution in [2.45, 2.75) is 122 Å². The van der Waals surface area contributed by atoms with Gasteiger partial charge in [0.15, 0.2) is 0 Å². The highest BCUT2D eigenvalue weighted by Gasteiger charge is 2.58. The molecule has 7 aliphatic rings. The Bertz CT molecular complexity index is 1380. The zero-order chi connectivity index (χ0) is 41.3. The van der Waals surface area contributed by atoms with Gasteiger partial charge in [-0.15, -0.1) is 0 Å². The summed E-state index contributed by atoms with van der Waals surface area (Å²) in [5.74, 6) is 0.891. The lowest BCUT2D eigenvalue weighted by Crippen LogP contribution is -2.62. The van der Waals surface area contributed by atoms with Crippen molar-refractivity contribution in [1.82, 2.24) is 30.4 Å². The van der Waals surface area contributed by atoms with E-state index in [2.05, 4.69) is 50.4 Å². The van der Waals surface area contributed by atoms with E-state index < -0.39 is 30.2 Å². The second kappa shape index (κ2) is 18.8. The molecule has 2 aliphatic heterocycles. The maximum atomic E-state index is 14.4. The fraction of sp³-hybridized carbons (Fsp3) is 0.930. The summed E-state index contributed by atoms with van der Waals surface area (Å²) in [6, 6.07) is -1.10. The first-order valence-corrected chi connectivity index (χ1v) is 22.1.